The van der Waals surface area contributed by atoms with Gasteiger partial charge in [-0.1, -0.05) is 23.7 Å². The highest BCUT2D eigenvalue weighted by molar-refractivity contribution is 6.30. The molecule has 110 valence electrons. The van der Waals surface area contributed by atoms with E-state index < -0.39 is 0 Å². The number of halogens is 1. The normalized spacial score (nSPS) is 14.1. The van der Waals surface area contributed by atoms with Gasteiger partial charge >= 0.3 is 0 Å². The van der Waals surface area contributed by atoms with Gasteiger partial charge in [0.1, 0.15) is 5.69 Å². The lowest BCUT2D eigenvalue weighted by molar-refractivity contribution is -0.132. The molecule has 0 bridgehead atoms. The molecule has 0 unspecified atom stereocenters. The minimum absolute atomic E-state index is 0.194. The largest absolute Gasteiger partial charge is 0.356 e. The van der Waals surface area contributed by atoms with E-state index in [0.29, 0.717) is 18.0 Å². The van der Waals surface area contributed by atoms with Gasteiger partial charge in [0.05, 0.1) is 6.54 Å². The third-order valence-corrected chi connectivity index (χ3v) is 4.02. The lowest BCUT2D eigenvalue weighted by Gasteiger charge is -2.26. The first-order chi connectivity index (χ1) is 10.2. The van der Waals surface area contributed by atoms with Crippen LogP contribution in [0.4, 0.5) is 0 Å². The van der Waals surface area contributed by atoms with Gasteiger partial charge in [-0.15, -0.1) is 0 Å². The Balaban J connectivity index is 1.84. The maximum atomic E-state index is 12.0. The van der Waals surface area contributed by atoms with Gasteiger partial charge in [-0.3, -0.25) is 4.79 Å². The predicted octanol–water partition coefficient (Wildman–Crippen LogP) is 3.68. The topological polar surface area (TPSA) is 46.3 Å². The summed E-state index contributed by atoms with van der Waals surface area (Å²) in [5, 5.41) is 4.84. The van der Waals surface area contributed by atoms with Crippen LogP contribution < -0.4 is 0 Å². The van der Waals surface area contributed by atoms with Crippen LogP contribution in [0.3, 0.4) is 0 Å². The molecule has 2 heterocycles. The van der Waals surface area contributed by atoms with Crippen LogP contribution in [0.25, 0.3) is 11.3 Å². The maximum absolute atomic E-state index is 12.0. The first-order valence-corrected chi connectivity index (χ1v) is 7.58. The number of nitrogens with zero attached hydrogens (tertiary/aromatic N) is 2. The highest BCUT2D eigenvalue weighted by Gasteiger charge is 2.26. The number of hydrogen-bond donors (Lipinski definition) is 0. The van der Waals surface area contributed by atoms with E-state index in [9.17, 15) is 4.79 Å². The van der Waals surface area contributed by atoms with Crippen molar-refractivity contribution in [1.29, 1.82) is 0 Å². The van der Waals surface area contributed by atoms with Gasteiger partial charge < -0.3 is 9.42 Å². The van der Waals surface area contributed by atoms with Crippen LogP contribution in [0.5, 0.6) is 0 Å². The number of carbonyl (C=O) groups excluding carboxylic acids is 1. The Labute approximate surface area is 128 Å². The summed E-state index contributed by atoms with van der Waals surface area (Å²) in [6.45, 7) is 3.29. The summed E-state index contributed by atoms with van der Waals surface area (Å²) in [7, 11) is 0. The SMILES string of the molecule is CCCC(=O)N1CCc2c(noc2-c2ccc(Cl)cc2)C1. The fourth-order valence-corrected chi connectivity index (χ4v) is 2.77. The second-order valence-electron chi connectivity index (χ2n) is 5.26. The van der Waals surface area contributed by atoms with Crippen LogP contribution >= 0.6 is 11.6 Å². The van der Waals surface area contributed by atoms with Crippen molar-refractivity contribution in [1.82, 2.24) is 10.1 Å². The van der Waals surface area contributed by atoms with Crippen molar-refractivity contribution in [2.45, 2.75) is 32.7 Å². The van der Waals surface area contributed by atoms with Gasteiger partial charge in [-0.25, -0.2) is 0 Å². The minimum Gasteiger partial charge on any atom is -0.356 e. The van der Waals surface area contributed by atoms with Gasteiger partial charge in [-0.05, 0) is 37.1 Å². The van der Waals surface area contributed by atoms with Crippen molar-refractivity contribution in [3.63, 3.8) is 0 Å². The van der Waals surface area contributed by atoms with Gasteiger partial charge in [-0.2, -0.15) is 0 Å². The summed E-state index contributed by atoms with van der Waals surface area (Å²) in [6, 6.07) is 7.53. The average Bonchev–Trinajstić information content (AvgIpc) is 2.91. The van der Waals surface area contributed by atoms with Gasteiger partial charge in [0, 0.05) is 29.1 Å². The Morgan fingerprint density at radius 3 is 2.86 bits per heavy atom. The molecule has 0 saturated carbocycles. The molecule has 1 aliphatic heterocycles. The highest BCUT2D eigenvalue weighted by atomic mass is 35.5. The Bertz CT molecular complexity index is 649. The number of amides is 1. The predicted molar refractivity (Wildman–Crippen MR) is 81.0 cm³/mol. The van der Waals surface area contributed by atoms with Crippen LogP contribution in [-0.4, -0.2) is 22.5 Å². The number of benzene rings is 1. The molecule has 3 rings (SSSR count). The van der Waals surface area contributed by atoms with Crippen LogP contribution in [0, 0.1) is 0 Å². The summed E-state index contributed by atoms with van der Waals surface area (Å²) >= 11 is 5.91. The Kier molecular flexibility index (Phi) is 3.97. The van der Waals surface area contributed by atoms with Gasteiger partial charge in [0.15, 0.2) is 5.76 Å². The summed E-state index contributed by atoms with van der Waals surface area (Å²) in [4.78, 5) is 13.8. The van der Waals surface area contributed by atoms with Crippen LogP contribution in [0.2, 0.25) is 5.02 Å². The van der Waals surface area contributed by atoms with Crippen molar-refractivity contribution < 1.29 is 9.32 Å². The smallest absolute Gasteiger partial charge is 0.222 e. The van der Waals surface area contributed by atoms with Gasteiger partial charge in [0.25, 0.3) is 0 Å². The summed E-state index contributed by atoms with van der Waals surface area (Å²) < 4.78 is 5.50. The molecular formula is C16H17ClN2O2. The van der Waals surface area contributed by atoms with Crippen molar-refractivity contribution in [2.24, 2.45) is 0 Å². The second-order valence-corrected chi connectivity index (χ2v) is 5.70. The fraction of sp³-hybridized carbons (Fsp3) is 0.375. The van der Waals surface area contributed by atoms with E-state index in [-0.39, 0.29) is 5.91 Å². The first-order valence-electron chi connectivity index (χ1n) is 7.20. The molecule has 1 aliphatic rings. The zero-order chi connectivity index (χ0) is 14.8. The number of carbonyl (C=O) groups is 1. The van der Waals surface area contributed by atoms with E-state index in [4.69, 9.17) is 16.1 Å². The third kappa shape index (κ3) is 2.81. The summed E-state index contributed by atoms with van der Waals surface area (Å²) in [5.41, 5.74) is 2.95. The monoisotopic (exact) mass is 304 g/mol. The van der Waals surface area contributed by atoms with Crippen molar-refractivity contribution in [2.75, 3.05) is 6.54 Å². The number of aromatic nitrogens is 1. The molecule has 4 nitrogen and oxygen atoms in total. The molecule has 0 radical (unpaired) electrons. The van der Waals surface area contributed by atoms with Crippen molar-refractivity contribution in [3.8, 4) is 11.3 Å². The van der Waals surface area contributed by atoms with Crippen LogP contribution in [0.15, 0.2) is 28.8 Å². The molecule has 5 heteroatoms. The van der Waals surface area contributed by atoms with E-state index in [1.807, 2.05) is 36.1 Å². The standard InChI is InChI=1S/C16H17ClN2O2/c1-2-3-15(20)19-9-8-13-14(10-19)18-21-16(13)11-4-6-12(17)7-5-11/h4-7H,2-3,8-10H2,1H3. The number of hydrogen-bond acceptors (Lipinski definition) is 3. The Hall–Kier alpha value is -1.81. The summed E-state index contributed by atoms with van der Waals surface area (Å²) in [6.07, 6.45) is 2.25. The van der Waals surface area contributed by atoms with E-state index >= 15 is 0 Å². The van der Waals surface area contributed by atoms with E-state index in [0.717, 1.165) is 42.0 Å². The average molecular weight is 305 g/mol. The molecule has 21 heavy (non-hydrogen) atoms. The quantitative estimate of drug-likeness (QED) is 0.869. The van der Waals surface area contributed by atoms with Crippen molar-refractivity contribution >= 4 is 17.5 Å². The van der Waals surface area contributed by atoms with Gasteiger partial charge in [0.2, 0.25) is 5.91 Å². The van der Waals surface area contributed by atoms with E-state index in [2.05, 4.69) is 5.16 Å². The minimum atomic E-state index is 0.194. The summed E-state index contributed by atoms with van der Waals surface area (Å²) in [5.74, 6) is 0.989. The number of rotatable bonds is 3. The molecule has 0 aliphatic carbocycles. The zero-order valence-electron chi connectivity index (χ0n) is 11.9. The lowest BCUT2D eigenvalue weighted by Crippen LogP contribution is -2.35. The number of fused-ring (bicyclic) bond motifs is 1. The lowest BCUT2D eigenvalue weighted by atomic mass is 10.0. The Morgan fingerprint density at radius 2 is 2.14 bits per heavy atom. The van der Waals surface area contributed by atoms with Crippen LogP contribution in [0.1, 0.15) is 31.0 Å². The first kappa shape index (κ1) is 14.1. The fourth-order valence-electron chi connectivity index (χ4n) is 2.64. The Morgan fingerprint density at radius 1 is 1.38 bits per heavy atom. The molecule has 1 aromatic carbocycles. The second kappa shape index (κ2) is 5.90. The molecule has 1 amide bonds. The molecule has 1 aromatic heterocycles. The molecule has 0 atom stereocenters. The van der Waals surface area contributed by atoms with E-state index in [1.54, 1.807) is 0 Å². The molecule has 0 N–H and O–H groups in total. The molecule has 0 saturated heterocycles. The zero-order valence-corrected chi connectivity index (χ0v) is 12.7. The molecule has 0 fully saturated rings. The maximum Gasteiger partial charge on any atom is 0.222 e. The molecular weight excluding hydrogens is 288 g/mol. The highest BCUT2D eigenvalue weighted by Crippen LogP contribution is 2.31. The van der Waals surface area contributed by atoms with E-state index in [1.165, 1.54) is 0 Å². The molecule has 0 spiro atoms. The molecule has 2 aromatic rings. The third-order valence-electron chi connectivity index (χ3n) is 3.76. The van der Waals surface area contributed by atoms with Crippen molar-refractivity contribution in [3.05, 3.63) is 40.5 Å². The van der Waals surface area contributed by atoms with Crippen LogP contribution in [-0.2, 0) is 17.8 Å².